The minimum Gasteiger partial charge on any atom is -0.370 e. The smallest absolute Gasteiger partial charge is 0.370 e. The Morgan fingerprint density at radius 1 is 1.07 bits per heavy atom. The molecule has 2 atom stereocenters. The van der Waals surface area contributed by atoms with Gasteiger partial charge in [0, 0.05) is 11.8 Å². The summed E-state index contributed by atoms with van der Waals surface area (Å²) < 4.78 is 70.4. The van der Waals surface area contributed by atoms with E-state index < -0.39 is 41.3 Å². The van der Waals surface area contributed by atoms with Gasteiger partial charge >= 0.3 is 6.18 Å². The highest BCUT2D eigenvalue weighted by Gasteiger charge is 2.40. The van der Waals surface area contributed by atoms with Crippen molar-refractivity contribution in [1.82, 2.24) is 0 Å². The molecule has 0 aromatic heterocycles. The predicted molar refractivity (Wildman–Crippen MR) is 87.8 cm³/mol. The van der Waals surface area contributed by atoms with Crippen LogP contribution in [0.25, 0.3) is 0 Å². The van der Waals surface area contributed by atoms with Crippen LogP contribution in [-0.4, -0.2) is 38.0 Å². The van der Waals surface area contributed by atoms with Crippen molar-refractivity contribution in [1.29, 1.82) is 0 Å². The second kappa shape index (κ2) is 7.85. The predicted octanol–water partition coefficient (Wildman–Crippen LogP) is 4.14. The highest BCUT2D eigenvalue weighted by molar-refractivity contribution is 6.00. The highest BCUT2D eigenvalue weighted by Crippen LogP contribution is 2.36. The van der Waals surface area contributed by atoms with Crippen molar-refractivity contribution >= 4 is 5.78 Å². The first-order chi connectivity index (χ1) is 12.7. The summed E-state index contributed by atoms with van der Waals surface area (Å²) in [5.41, 5.74) is -2.25. The third kappa shape index (κ3) is 4.33. The number of halogens is 4. The monoisotopic (exact) mass is 390 g/mol. The fourth-order valence-electron chi connectivity index (χ4n) is 3.46. The lowest BCUT2D eigenvalue weighted by Gasteiger charge is -2.36. The Balaban J connectivity index is 1.68. The summed E-state index contributed by atoms with van der Waals surface area (Å²) >= 11 is 0. The van der Waals surface area contributed by atoms with Gasteiger partial charge in [-0.3, -0.25) is 4.79 Å². The van der Waals surface area contributed by atoms with Crippen LogP contribution in [0.4, 0.5) is 17.6 Å². The van der Waals surface area contributed by atoms with Crippen LogP contribution in [0, 0.1) is 24.6 Å². The van der Waals surface area contributed by atoms with Gasteiger partial charge in [0.1, 0.15) is 11.9 Å². The number of hydrogen-bond acceptors (Lipinski definition) is 4. The van der Waals surface area contributed by atoms with Crippen molar-refractivity contribution in [3.63, 3.8) is 0 Å². The van der Waals surface area contributed by atoms with E-state index in [1.54, 1.807) is 0 Å². The van der Waals surface area contributed by atoms with Gasteiger partial charge in [0.2, 0.25) is 0 Å². The maximum Gasteiger partial charge on any atom is 0.419 e. The number of ether oxygens (including phenoxy) is 3. The molecule has 27 heavy (non-hydrogen) atoms. The van der Waals surface area contributed by atoms with Crippen molar-refractivity contribution in [3.8, 4) is 0 Å². The van der Waals surface area contributed by atoms with Crippen LogP contribution in [0.15, 0.2) is 12.1 Å². The summed E-state index contributed by atoms with van der Waals surface area (Å²) in [7, 11) is 0. The molecule has 0 radical (unpaired) electrons. The molecule has 8 heteroatoms. The van der Waals surface area contributed by atoms with E-state index in [0.717, 1.165) is 19.1 Å². The number of aryl methyl sites for hydroxylation is 1. The Kier molecular flexibility index (Phi) is 5.88. The molecular weight excluding hydrogens is 368 g/mol. The molecule has 1 aromatic rings. The van der Waals surface area contributed by atoms with E-state index in [-0.39, 0.29) is 24.5 Å². The molecule has 2 saturated heterocycles. The quantitative estimate of drug-likeness (QED) is 0.575. The van der Waals surface area contributed by atoms with Gasteiger partial charge in [0.25, 0.3) is 0 Å². The number of rotatable bonds is 3. The zero-order valence-corrected chi connectivity index (χ0v) is 15.1. The van der Waals surface area contributed by atoms with E-state index in [1.807, 2.05) is 6.92 Å². The maximum atomic E-state index is 14.4. The van der Waals surface area contributed by atoms with Crippen molar-refractivity contribution in [3.05, 3.63) is 34.6 Å². The number of ketones is 1. The van der Waals surface area contributed by atoms with E-state index in [2.05, 4.69) is 0 Å². The third-order valence-electron chi connectivity index (χ3n) is 4.98. The number of alkyl halides is 3. The number of benzene rings is 1. The zero-order valence-electron chi connectivity index (χ0n) is 15.1. The fourth-order valence-corrected chi connectivity index (χ4v) is 3.46. The number of carbonyl (C=O) groups excluding carboxylic acids is 1. The molecule has 4 nitrogen and oxygen atoms in total. The van der Waals surface area contributed by atoms with Crippen LogP contribution >= 0.6 is 0 Å². The first-order valence-corrected chi connectivity index (χ1v) is 8.93. The van der Waals surface area contributed by atoms with Gasteiger partial charge < -0.3 is 14.2 Å². The Labute approximate surface area is 154 Å². The van der Waals surface area contributed by atoms with E-state index in [4.69, 9.17) is 14.2 Å². The highest BCUT2D eigenvalue weighted by atomic mass is 19.4. The normalized spacial score (nSPS) is 29.6. The summed E-state index contributed by atoms with van der Waals surface area (Å²) in [6.07, 6.45) is -5.42. The van der Waals surface area contributed by atoms with Crippen LogP contribution in [0.2, 0.25) is 0 Å². The molecule has 1 aromatic carbocycles. The fraction of sp³-hybridized carbons (Fsp3) is 0.632. The molecule has 0 aliphatic carbocycles. The molecular formula is C19H22F4O4. The standard InChI is InChI=1S/C19H22F4O4/c1-10-7-26-18(27-8-10)12-4-6-14(25-9-12)17(24)13-5-3-11(2)15(16(13)20)19(21,22)23/h3,5,10,12,14,18H,4,6-9H2,1-2H3/t10?,12?,14-,18?/m0/s1. The summed E-state index contributed by atoms with van der Waals surface area (Å²) in [6, 6.07) is 2.20. The summed E-state index contributed by atoms with van der Waals surface area (Å²) in [5.74, 6) is -2.05. The Bertz CT molecular complexity index is 688. The van der Waals surface area contributed by atoms with E-state index in [0.29, 0.717) is 25.6 Å². The second-order valence-electron chi connectivity index (χ2n) is 7.28. The van der Waals surface area contributed by atoms with E-state index in [1.165, 1.54) is 0 Å². The maximum absolute atomic E-state index is 14.4. The molecule has 150 valence electrons. The molecule has 3 rings (SSSR count). The zero-order chi connectivity index (χ0) is 19.8. The molecule has 0 bridgehead atoms. The number of hydrogen-bond donors (Lipinski definition) is 0. The van der Waals surface area contributed by atoms with E-state index >= 15 is 0 Å². The lowest BCUT2D eigenvalue weighted by atomic mass is 9.92. The Morgan fingerprint density at radius 3 is 2.30 bits per heavy atom. The lowest BCUT2D eigenvalue weighted by Crippen LogP contribution is -2.42. The van der Waals surface area contributed by atoms with Crippen LogP contribution < -0.4 is 0 Å². The van der Waals surface area contributed by atoms with Gasteiger partial charge in [-0.1, -0.05) is 13.0 Å². The van der Waals surface area contributed by atoms with Gasteiger partial charge in [-0.25, -0.2) is 4.39 Å². The molecule has 0 spiro atoms. The first-order valence-electron chi connectivity index (χ1n) is 8.93. The molecule has 2 aliphatic rings. The average molecular weight is 390 g/mol. The van der Waals surface area contributed by atoms with Crippen molar-refractivity contribution in [2.24, 2.45) is 11.8 Å². The van der Waals surface area contributed by atoms with Gasteiger partial charge in [-0.05, 0) is 31.4 Å². The topological polar surface area (TPSA) is 44.8 Å². The van der Waals surface area contributed by atoms with Crippen LogP contribution in [0.1, 0.15) is 41.3 Å². The molecule has 2 aliphatic heterocycles. The summed E-state index contributed by atoms with van der Waals surface area (Å²) in [4.78, 5) is 12.5. The molecule has 0 saturated carbocycles. The van der Waals surface area contributed by atoms with Crippen molar-refractivity contribution in [2.45, 2.75) is 45.3 Å². The average Bonchev–Trinajstić information content (AvgIpc) is 2.61. The Hall–Kier alpha value is -1.51. The lowest BCUT2D eigenvalue weighted by molar-refractivity contribution is -0.236. The Morgan fingerprint density at radius 2 is 1.74 bits per heavy atom. The van der Waals surface area contributed by atoms with Crippen LogP contribution in [0.5, 0.6) is 0 Å². The third-order valence-corrected chi connectivity index (χ3v) is 4.98. The first kappa shape index (κ1) is 20.2. The molecule has 0 amide bonds. The van der Waals surface area contributed by atoms with Crippen molar-refractivity contribution < 1.29 is 36.6 Å². The molecule has 2 heterocycles. The second-order valence-corrected chi connectivity index (χ2v) is 7.28. The molecule has 2 fully saturated rings. The van der Waals surface area contributed by atoms with Crippen LogP contribution in [0.3, 0.4) is 0 Å². The molecule has 1 unspecified atom stereocenters. The summed E-state index contributed by atoms with van der Waals surface area (Å²) in [5, 5.41) is 0. The minimum absolute atomic E-state index is 0.0600. The van der Waals surface area contributed by atoms with Gasteiger partial charge in [0.05, 0.1) is 30.9 Å². The van der Waals surface area contributed by atoms with Gasteiger partial charge in [0.15, 0.2) is 12.1 Å². The molecule has 0 N–H and O–H groups in total. The summed E-state index contributed by atoms with van der Waals surface area (Å²) in [6.45, 7) is 4.51. The number of Topliss-reactive ketones (excluding diaryl/α,β-unsaturated/α-hetero) is 1. The largest absolute Gasteiger partial charge is 0.419 e. The van der Waals surface area contributed by atoms with Gasteiger partial charge in [-0.2, -0.15) is 13.2 Å². The van der Waals surface area contributed by atoms with E-state index in [9.17, 15) is 22.4 Å². The number of carbonyl (C=O) groups is 1. The van der Waals surface area contributed by atoms with Crippen molar-refractivity contribution in [2.75, 3.05) is 19.8 Å². The minimum atomic E-state index is -4.87. The van der Waals surface area contributed by atoms with Crippen LogP contribution in [-0.2, 0) is 20.4 Å². The SMILES string of the molecule is Cc1ccc(C(=O)[C@@H]2CCC(C3OCC(C)CO3)CO2)c(F)c1C(F)(F)F. The van der Waals surface area contributed by atoms with Gasteiger partial charge in [-0.15, -0.1) is 0 Å².